The van der Waals surface area contributed by atoms with Crippen LogP contribution < -0.4 is 9.62 Å². The summed E-state index contributed by atoms with van der Waals surface area (Å²) in [5, 5.41) is 1.89. The van der Waals surface area contributed by atoms with E-state index in [2.05, 4.69) is 4.72 Å². The molecule has 1 N–H and O–H groups in total. The van der Waals surface area contributed by atoms with Gasteiger partial charge in [0.05, 0.1) is 4.88 Å². The molecule has 1 aliphatic rings. The van der Waals surface area contributed by atoms with Gasteiger partial charge in [0.25, 0.3) is 15.9 Å². The van der Waals surface area contributed by atoms with Crippen molar-refractivity contribution >= 4 is 50.0 Å². The first-order valence-electron chi connectivity index (χ1n) is 8.58. The van der Waals surface area contributed by atoms with Crippen molar-refractivity contribution in [2.75, 3.05) is 16.2 Å². The number of rotatable bonds is 5. The maximum Gasteiger partial charge on any atom is 0.271 e. The first-order valence-corrected chi connectivity index (χ1v) is 11.8. The lowest BCUT2D eigenvalue weighted by molar-refractivity contribution is 0.0993. The summed E-state index contributed by atoms with van der Waals surface area (Å²) < 4.78 is 28.2. The third kappa shape index (κ3) is 3.52. The summed E-state index contributed by atoms with van der Waals surface area (Å²) in [7, 11) is -3.60. The number of hydrogen-bond donors (Lipinski definition) is 1. The average molecular weight is 419 g/mol. The molecular formula is C19H18N2O3S3. The standard InChI is InChI=1S/C19H18N2O3S3/c1-2-15-6-8-18(26-15)27(23,24)20-14-5-7-16-13(12-14)9-10-21(16)19(22)17-4-3-11-25-17/h3-8,11-12,20H,2,9-10H2,1H3. The van der Waals surface area contributed by atoms with Crippen LogP contribution in [0.3, 0.4) is 0 Å². The molecule has 0 radical (unpaired) electrons. The van der Waals surface area contributed by atoms with Gasteiger partial charge in [0.15, 0.2) is 0 Å². The number of benzene rings is 1. The number of carbonyl (C=O) groups excluding carboxylic acids is 1. The van der Waals surface area contributed by atoms with Crippen molar-refractivity contribution in [1.29, 1.82) is 0 Å². The smallest absolute Gasteiger partial charge is 0.271 e. The number of carbonyl (C=O) groups is 1. The minimum atomic E-state index is -3.60. The van der Waals surface area contributed by atoms with Crippen molar-refractivity contribution in [3.8, 4) is 0 Å². The van der Waals surface area contributed by atoms with Crippen LogP contribution in [0.2, 0.25) is 0 Å². The van der Waals surface area contributed by atoms with Crippen LogP contribution in [-0.2, 0) is 22.9 Å². The molecule has 0 aliphatic carbocycles. The van der Waals surface area contributed by atoms with Crippen molar-refractivity contribution in [1.82, 2.24) is 0 Å². The van der Waals surface area contributed by atoms with Gasteiger partial charge in [-0.3, -0.25) is 9.52 Å². The fourth-order valence-electron chi connectivity index (χ4n) is 3.11. The van der Waals surface area contributed by atoms with E-state index in [1.54, 1.807) is 17.0 Å². The van der Waals surface area contributed by atoms with Crippen molar-refractivity contribution in [3.05, 3.63) is 63.2 Å². The van der Waals surface area contributed by atoms with Crippen LogP contribution >= 0.6 is 22.7 Å². The van der Waals surface area contributed by atoms with Crippen LogP contribution in [0.5, 0.6) is 0 Å². The summed E-state index contributed by atoms with van der Waals surface area (Å²) >= 11 is 2.71. The van der Waals surface area contributed by atoms with Crippen LogP contribution in [0.1, 0.15) is 27.0 Å². The summed E-state index contributed by atoms with van der Waals surface area (Å²) in [5.41, 5.74) is 2.34. The third-order valence-electron chi connectivity index (χ3n) is 4.45. The molecule has 8 heteroatoms. The Morgan fingerprint density at radius 3 is 2.78 bits per heavy atom. The minimum Gasteiger partial charge on any atom is -0.307 e. The fraction of sp³-hybridized carbons (Fsp3) is 0.211. The van der Waals surface area contributed by atoms with E-state index in [4.69, 9.17) is 0 Å². The second-order valence-corrected chi connectivity index (χ2v) is 10.2. The highest BCUT2D eigenvalue weighted by molar-refractivity contribution is 7.94. The van der Waals surface area contributed by atoms with Gasteiger partial charge in [-0.05, 0) is 60.2 Å². The number of anilines is 2. The molecule has 0 bridgehead atoms. The number of aryl methyl sites for hydroxylation is 1. The molecular weight excluding hydrogens is 400 g/mol. The Hall–Kier alpha value is -2.16. The summed E-state index contributed by atoms with van der Waals surface area (Å²) in [5.74, 6) is -0.0113. The van der Waals surface area contributed by atoms with E-state index >= 15 is 0 Å². The number of sulfonamides is 1. The number of amides is 1. The number of nitrogens with zero attached hydrogens (tertiary/aromatic N) is 1. The lowest BCUT2D eigenvalue weighted by Crippen LogP contribution is -2.28. The van der Waals surface area contributed by atoms with Crippen LogP contribution in [0.4, 0.5) is 11.4 Å². The Kier molecular flexibility index (Phi) is 4.79. The first kappa shape index (κ1) is 18.2. The quantitative estimate of drug-likeness (QED) is 0.669. The highest BCUT2D eigenvalue weighted by atomic mass is 32.2. The first-order chi connectivity index (χ1) is 13.0. The van der Waals surface area contributed by atoms with Crippen LogP contribution in [-0.4, -0.2) is 20.9 Å². The Bertz CT molecular complexity index is 1090. The zero-order valence-corrected chi connectivity index (χ0v) is 17.1. The number of thiophene rings is 2. The molecule has 3 aromatic rings. The van der Waals surface area contributed by atoms with Gasteiger partial charge in [-0.1, -0.05) is 13.0 Å². The highest BCUT2D eigenvalue weighted by Gasteiger charge is 2.27. The molecule has 140 valence electrons. The Morgan fingerprint density at radius 2 is 2.07 bits per heavy atom. The summed E-state index contributed by atoms with van der Waals surface area (Å²) in [6.45, 7) is 2.60. The van der Waals surface area contributed by atoms with E-state index in [-0.39, 0.29) is 5.91 Å². The molecule has 0 atom stereocenters. The van der Waals surface area contributed by atoms with Crippen molar-refractivity contribution in [2.45, 2.75) is 24.0 Å². The Balaban J connectivity index is 1.56. The van der Waals surface area contributed by atoms with Crippen molar-refractivity contribution < 1.29 is 13.2 Å². The number of hydrogen-bond acceptors (Lipinski definition) is 5. The van der Waals surface area contributed by atoms with Gasteiger partial charge in [0, 0.05) is 22.8 Å². The van der Waals surface area contributed by atoms with Gasteiger partial charge < -0.3 is 4.90 Å². The second-order valence-electron chi connectivity index (χ2n) is 6.21. The fourth-order valence-corrected chi connectivity index (χ4v) is 6.12. The van der Waals surface area contributed by atoms with Crippen molar-refractivity contribution in [3.63, 3.8) is 0 Å². The van der Waals surface area contributed by atoms with E-state index < -0.39 is 10.0 Å². The maximum atomic E-state index is 12.6. The molecule has 0 saturated carbocycles. The van der Waals surface area contributed by atoms with E-state index in [1.807, 2.05) is 42.6 Å². The van der Waals surface area contributed by atoms with Crippen molar-refractivity contribution in [2.24, 2.45) is 0 Å². The molecule has 0 saturated heterocycles. The van der Waals surface area contributed by atoms with Gasteiger partial charge in [-0.15, -0.1) is 22.7 Å². The van der Waals surface area contributed by atoms with Gasteiger partial charge in [0.2, 0.25) is 0 Å². The van der Waals surface area contributed by atoms with E-state index in [1.165, 1.54) is 22.7 Å². The SMILES string of the molecule is CCc1ccc(S(=O)(=O)Nc2ccc3c(c2)CCN3C(=O)c2cccs2)s1. The van der Waals surface area contributed by atoms with Gasteiger partial charge in [-0.25, -0.2) is 8.42 Å². The Morgan fingerprint density at radius 1 is 1.22 bits per heavy atom. The second kappa shape index (κ2) is 7.10. The van der Waals surface area contributed by atoms with Crippen LogP contribution in [0.15, 0.2) is 52.1 Å². The average Bonchev–Trinajstić information content (AvgIpc) is 3.39. The topological polar surface area (TPSA) is 66.5 Å². The molecule has 3 heterocycles. The lowest BCUT2D eigenvalue weighted by atomic mass is 10.1. The zero-order chi connectivity index (χ0) is 19.0. The van der Waals surface area contributed by atoms with Gasteiger partial charge in [-0.2, -0.15) is 0 Å². The highest BCUT2D eigenvalue weighted by Crippen LogP contribution is 2.33. The third-order valence-corrected chi connectivity index (χ3v) is 8.42. The summed E-state index contributed by atoms with van der Waals surface area (Å²) in [6.07, 6.45) is 1.52. The molecule has 1 aliphatic heterocycles. The Labute approximate surface area is 166 Å². The number of fused-ring (bicyclic) bond motifs is 1. The van der Waals surface area contributed by atoms with E-state index in [0.717, 1.165) is 22.5 Å². The summed E-state index contributed by atoms with van der Waals surface area (Å²) in [6, 6.07) is 12.5. The normalized spacial score (nSPS) is 13.6. The van der Waals surface area contributed by atoms with E-state index in [0.29, 0.717) is 27.7 Å². The molecule has 0 spiro atoms. The molecule has 27 heavy (non-hydrogen) atoms. The summed E-state index contributed by atoms with van der Waals surface area (Å²) in [4.78, 5) is 16.1. The monoisotopic (exact) mass is 418 g/mol. The van der Waals surface area contributed by atoms with Gasteiger partial charge in [0.1, 0.15) is 4.21 Å². The minimum absolute atomic E-state index is 0.0113. The maximum absolute atomic E-state index is 12.6. The predicted octanol–water partition coefficient (Wildman–Crippen LogP) is 4.38. The van der Waals surface area contributed by atoms with Gasteiger partial charge >= 0.3 is 0 Å². The molecule has 1 amide bonds. The number of nitrogens with one attached hydrogen (secondary N) is 1. The molecule has 0 fully saturated rings. The molecule has 5 nitrogen and oxygen atoms in total. The predicted molar refractivity (Wildman–Crippen MR) is 111 cm³/mol. The molecule has 1 aromatic carbocycles. The molecule has 0 unspecified atom stereocenters. The lowest BCUT2D eigenvalue weighted by Gasteiger charge is -2.16. The zero-order valence-electron chi connectivity index (χ0n) is 14.6. The van der Waals surface area contributed by atoms with E-state index in [9.17, 15) is 13.2 Å². The van der Waals surface area contributed by atoms with Crippen LogP contribution in [0.25, 0.3) is 0 Å². The van der Waals surface area contributed by atoms with Crippen LogP contribution in [0, 0.1) is 0 Å². The largest absolute Gasteiger partial charge is 0.307 e. The molecule has 2 aromatic heterocycles. The molecule has 4 rings (SSSR count).